The van der Waals surface area contributed by atoms with Crippen molar-refractivity contribution in [3.63, 3.8) is 0 Å². The van der Waals surface area contributed by atoms with Gasteiger partial charge < -0.3 is 10.2 Å². The Morgan fingerprint density at radius 2 is 1.87 bits per heavy atom. The highest BCUT2D eigenvalue weighted by Gasteiger charge is 2.41. The lowest BCUT2D eigenvalue weighted by Gasteiger charge is -2.36. The molecule has 9 nitrogen and oxygen atoms in total. The largest absolute Gasteiger partial charge is 0.324 e. The van der Waals surface area contributed by atoms with E-state index in [-0.39, 0.29) is 11.5 Å². The fourth-order valence-corrected chi connectivity index (χ4v) is 5.85. The maximum Gasteiger partial charge on any atom is 0.270 e. The predicted molar refractivity (Wildman–Crippen MR) is 149 cm³/mol. The molecule has 0 unspecified atom stereocenters. The Morgan fingerprint density at radius 1 is 1.13 bits per heavy atom. The maximum atomic E-state index is 15.3. The van der Waals surface area contributed by atoms with E-state index in [0.717, 1.165) is 13.1 Å². The highest BCUT2D eigenvalue weighted by Crippen LogP contribution is 2.40. The Kier molecular flexibility index (Phi) is 6.38. The third kappa shape index (κ3) is 4.27. The summed E-state index contributed by atoms with van der Waals surface area (Å²) >= 11 is 12.8. The molecule has 0 radical (unpaired) electrons. The monoisotopic (exact) mass is 564 g/mol. The van der Waals surface area contributed by atoms with Gasteiger partial charge in [0.1, 0.15) is 11.4 Å². The highest BCUT2D eigenvalue weighted by molar-refractivity contribution is 6.43. The minimum atomic E-state index is -0.848. The fourth-order valence-electron chi connectivity index (χ4n) is 5.28. The second kappa shape index (κ2) is 9.75. The molecule has 1 saturated heterocycles. The van der Waals surface area contributed by atoms with E-state index in [9.17, 15) is 10.1 Å². The van der Waals surface area contributed by atoms with Crippen LogP contribution in [0, 0.1) is 17.1 Å². The smallest absolute Gasteiger partial charge is 0.270 e. The molecule has 1 amide bonds. The summed E-state index contributed by atoms with van der Waals surface area (Å²) in [6, 6.07) is 12.1. The standard InChI is InChI=1S/C27H23Cl2FN8O/c1-36-10-7-27(15-31,8-11-36)18-6-5-16(13-21(18)30)34-25-33-14-17-23(35-25)37-12-9-32-26(37)38(24(17)39)22-19(28)3-2-4-20(22)29/h2-6,13-14H,7-12H2,1H3,(H,33,34,35). The predicted octanol–water partition coefficient (Wildman–Crippen LogP) is 4.99. The first-order valence-electron chi connectivity index (χ1n) is 12.5. The molecule has 3 aliphatic heterocycles. The summed E-state index contributed by atoms with van der Waals surface area (Å²) < 4.78 is 15.3. The number of carbonyl (C=O) groups is 1. The average Bonchev–Trinajstić information content (AvgIpc) is 3.41. The van der Waals surface area contributed by atoms with Crippen molar-refractivity contribution in [3.8, 4) is 6.07 Å². The van der Waals surface area contributed by atoms with Gasteiger partial charge in [0, 0.05) is 24.0 Å². The zero-order chi connectivity index (χ0) is 27.3. The van der Waals surface area contributed by atoms with Crippen LogP contribution in [0.1, 0.15) is 28.8 Å². The zero-order valence-corrected chi connectivity index (χ0v) is 22.5. The van der Waals surface area contributed by atoms with E-state index in [0.29, 0.717) is 64.7 Å². The molecule has 198 valence electrons. The molecule has 1 N–H and O–H groups in total. The van der Waals surface area contributed by atoms with Crippen molar-refractivity contribution in [1.82, 2.24) is 14.9 Å². The second-order valence-electron chi connectivity index (χ2n) is 9.79. The van der Waals surface area contributed by atoms with Crippen LogP contribution in [-0.2, 0) is 5.41 Å². The lowest BCUT2D eigenvalue weighted by Crippen LogP contribution is -2.51. The number of aromatic nitrogens is 2. The Bertz CT molecular complexity index is 1540. The average molecular weight is 565 g/mol. The molecule has 39 heavy (non-hydrogen) atoms. The van der Waals surface area contributed by atoms with Gasteiger partial charge in [0.2, 0.25) is 11.9 Å². The van der Waals surface area contributed by atoms with Crippen molar-refractivity contribution < 1.29 is 9.18 Å². The van der Waals surface area contributed by atoms with Gasteiger partial charge in [-0.1, -0.05) is 35.3 Å². The first kappa shape index (κ1) is 25.5. The molecule has 12 heteroatoms. The van der Waals surface area contributed by atoms with Crippen LogP contribution in [-0.4, -0.2) is 60.0 Å². The number of rotatable bonds is 4. The molecule has 6 rings (SSSR count). The number of aliphatic imine (C=N–C) groups is 1. The molecule has 0 spiro atoms. The second-order valence-corrected chi connectivity index (χ2v) is 10.6. The molecule has 0 saturated carbocycles. The molecule has 1 aromatic heterocycles. The molecule has 3 aliphatic rings. The lowest BCUT2D eigenvalue weighted by molar-refractivity contribution is 0.1000. The zero-order valence-electron chi connectivity index (χ0n) is 21.0. The molecule has 0 atom stereocenters. The first-order valence-corrected chi connectivity index (χ1v) is 13.2. The highest BCUT2D eigenvalue weighted by atomic mass is 35.5. The molecule has 0 bridgehead atoms. The summed E-state index contributed by atoms with van der Waals surface area (Å²) in [5, 5.41) is 13.6. The quantitative estimate of drug-likeness (QED) is 0.476. The van der Waals surface area contributed by atoms with Crippen LogP contribution >= 0.6 is 23.2 Å². The molecule has 1 fully saturated rings. The Labute approximate surface area is 234 Å². The van der Waals surface area contributed by atoms with Crippen LogP contribution in [0.2, 0.25) is 10.0 Å². The normalized spacial score (nSPS) is 18.3. The van der Waals surface area contributed by atoms with Gasteiger partial charge in [0.25, 0.3) is 5.91 Å². The minimum absolute atomic E-state index is 0.193. The fraction of sp³-hybridized carbons (Fsp3) is 0.296. The number of fused-ring (bicyclic) bond motifs is 3. The van der Waals surface area contributed by atoms with E-state index in [2.05, 4.69) is 31.2 Å². The summed E-state index contributed by atoms with van der Waals surface area (Å²) in [7, 11) is 2.00. The van der Waals surface area contributed by atoms with Crippen molar-refractivity contribution in [2.24, 2.45) is 4.99 Å². The van der Waals surface area contributed by atoms with Gasteiger partial charge in [0.05, 0.1) is 33.8 Å². The number of benzene rings is 2. The topological polar surface area (TPSA) is 101 Å². The summed E-state index contributed by atoms with van der Waals surface area (Å²) in [4.78, 5) is 32.3. The van der Waals surface area contributed by atoms with E-state index in [1.165, 1.54) is 17.2 Å². The number of nitrogens with zero attached hydrogens (tertiary/aromatic N) is 7. The van der Waals surface area contributed by atoms with Crippen LogP contribution in [0.3, 0.4) is 0 Å². The number of likely N-dealkylation sites (tertiary alicyclic amines) is 1. The number of piperidine rings is 1. The van der Waals surface area contributed by atoms with Gasteiger partial charge in [-0.3, -0.25) is 14.7 Å². The number of para-hydroxylation sites is 1. The van der Waals surface area contributed by atoms with Crippen molar-refractivity contribution in [1.29, 1.82) is 5.26 Å². The Morgan fingerprint density at radius 3 is 2.56 bits per heavy atom. The summed E-state index contributed by atoms with van der Waals surface area (Å²) in [6.45, 7) is 2.42. The molecule has 4 heterocycles. The van der Waals surface area contributed by atoms with Gasteiger partial charge in [-0.2, -0.15) is 10.2 Å². The number of carbonyl (C=O) groups excluding carboxylic acids is 1. The van der Waals surface area contributed by atoms with Crippen molar-refractivity contribution >= 4 is 58.2 Å². The molecule has 0 aliphatic carbocycles. The summed E-state index contributed by atoms with van der Waals surface area (Å²) in [5.74, 6) is 0.0974. The summed E-state index contributed by atoms with van der Waals surface area (Å²) in [5.41, 5.74) is 0.590. The first-order chi connectivity index (χ1) is 18.8. The van der Waals surface area contributed by atoms with E-state index in [1.54, 1.807) is 30.3 Å². The van der Waals surface area contributed by atoms with Gasteiger partial charge in [-0.15, -0.1) is 0 Å². The van der Waals surface area contributed by atoms with E-state index < -0.39 is 17.1 Å². The molecular formula is C27H23Cl2FN8O. The number of hydrogen-bond donors (Lipinski definition) is 1. The number of nitrogens with one attached hydrogen (secondary N) is 1. The molecule has 2 aromatic carbocycles. The van der Waals surface area contributed by atoms with Crippen LogP contribution in [0.25, 0.3) is 0 Å². The Hall–Kier alpha value is -3.78. The maximum absolute atomic E-state index is 15.3. The summed E-state index contributed by atoms with van der Waals surface area (Å²) in [6.07, 6.45) is 2.57. The van der Waals surface area contributed by atoms with Crippen LogP contribution in [0.15, 0.2) is 47.6 Å². The van der Waals surface area contributed by atoms with Gasteiger partial charge in [-0.25, -0.2) is 14.3 Å². The number of anilines is 4. The number of guanidine groups is 1. The SMILES string of the molecule is CN1CCC(C#N)(c2ccc(Nc3ncc4c(n3)N3CCN=C3N(c3c(Cl)cccc3Cl)C4=O)cc2F)CC1. The van der Waals surface area contributed by atoms with Crippen molar-refractivity contribution in [2.45, 2.75) is 18.3 Å². The number of halogens is 3. The third-order valence-corrected chi connectivity index (χ3v) is 8.04. The van der Waals surface area contributed by atoms with E-state index >= 15 is 4.39 Å². The minimum Gasteiger partial charge on any atom is -0.324 e. The van der Waals surface area contributed by atoms with E-state index in [1.807, 2.05) is 11.9 Å². The van der Waals surface area contributed by atoms with E-state index in [4.69, 9.17) is 23.2 Å². The lowest BCUT2D eigenvalue weighted by atomic mass is 9.74. The Balaban J connectivity index is 1.30. The number of amides is 1. The molecule has 3 aromatic rings. The van der Waals surface area contributed by atoms with Crippen molar-refractivity contribution in [3.05, 3.63) is 69.6 Å². The van der Waals surface area contributed by atoms with Gasteiger partial charge >= 0.3 is 0 Å². The van der Waals surface area contributed by atoms with Crippen LogP contribution < -0.4 is 15.1 Å². The third-order valence-electron chi connectivity index (χ3n) is 7.43. The van der Waals surface area contributed by atoms with Gasteiger partial charge in [-0.05, 0) is 57.2 Å². The van der Waals surface area contributed by atoms with Crippen LogP contribution in [0.5, 0.6) is 0 Å². The van der Waals surface area contributed by atoms with Crippen LogP contribution in [0.4, 0.5) is 27.5 Å². The molecular weight excluding hydrogens is 542 g/mol. The number of hydrogen-bond acceptors (Lipinski definition) is 8. The van der Waals surface area contributed by atoms with Crippen molar-refractivity contribution in [2.75, 3.05) is 48.3 Å². The van der Waals surface area contributed by atoms with Gasteiger partial charge in [0.15, 0.2) is 5.82 Å². The number of nitriles is 1.